The van der Waals surface area contributed by atoms with Gasteiger partial charge in [-0.15, -0.1) is 0 Å². The minimum absolute atomic E-state index is 0.577. The third kappa shape index (κ3) is 4.37. The maximum atomic E-state index is 6.29. The molecule has 0 fully saturated rings. The number of nitrogens with one attached hydrogen (secondary N) is 1. The van der Waals surface area contributed by atoms with Crippen LogP contribution in [0.4, 0.5) is 0 Å². The number of rotatable bonds is 6. The number of halogens is 2. The lowest BCUT2D eigenvalue weighted by molar-refractivity contribution is 0.473. The zero-order valence-corrected chi connectivity index (χ0v) is 13.8. The van der Waals surface area contributed by atoms with E-state index in [1.54, 1.807) is 0 Å². The predicted molar refractivity (Wildman–Crippen MR) is 89.7 cm³/mol. The highest BCUT2D eigenvalue weighted by molar-refractivity contribution is 6.33. The Morgan fingerprint density at radius 1 is 1.10 bits per heavy atom. The van der Waals surface area contributed by atoms with Crippen LogP contribution in [0.3, 0.4) is 0 Å². The maximum Gasteiger partial charge on any atom is 0.150 e. The van der Waals surface area contributed by atoms with Crippen LogP contribution >= 0.6 is 23.2 Å². The van der Waals surface area contributed by atoms with Crippen molar-refractivity contribution in [1.29, 1.82) is 0 Å². The fourth-order valence-electron chi connectivity index (χ4n) is 2.01. The van der Waals surface area contributed by atoms with Crippen molar-refractivity contribution in [2.45, 2.75) is 26.8 Å². The van der Waals surface area contributed by atoms with E-state index in [1.165, 1.54) is 0 Å². The van der Waals surface area contributed by atoms with Gasteiger partial charge in [-0.25, -0.2) is 0 Å². The summed E-state index contributed by atoms with van der Waals surface area (Å²) in [7, 11) is 0. The maximum absolute atomic E-state index is 6.29. The SMILES string of the molecule is CCCNCc1cccc(Cl)c1Oc1cc(C)ccc1Cl. The summed E-state index contributed by atoms with van der Waals surface area (Å²) in [5.41, 5.74) is 2.11. The molecule has 2 rings (SSSR count). The molecule has 0 spiro atoms. The summed E-state index contributed by atoms with van der Waals surface area (Å²) in [6.45, 7) is 5.80. The first-order valence-corrected chi connectivity index (χ1v) is 7.79. The number of hydrogen-bond acceptors (Lipinski definition) is 2. The van der Waals surface area contributed by atoms with E-state index in [2.05, 4.69) is 12.2 Å². The molecule has 4 heteroatoms. The molecule has 0 aliphatic carbocycles. The molecule has 0 saturated carbocycles. The van der Waals surface area contributed by atoms with E-state index in [0.717, 1.165) is 24.1 Å². The molecule has 0 atom stereocenters. The molecule has 0 aliphatic rings. The second-order valence-corrected chi connectivity index (χ2v) is 5.76. The van der Waals surface area contributed by atoms with Gasteiger partial charge in [-0.2, -0.15) is 0 Å². The Morgan fingerprint density at radius 3 is 2.67 bits per heavy atom. The lowest BCUT2D eigenvalue weighted by Gasteiger charge is -2.14. The number of hydrogen-bond donors (Lipinski definition) is 1. The summed E-state index contributed by atoms with van der Waals surface area (Å²) in [6, 6.07) is 11.5. The van der Waals surface area contributed by atoms with Crippen LogP contribution < -0.4 is 10.1 Å². The monoisotopic (exact) mass is 323 g/mol. The van der Waals surface area contributed by atoms with Gasteiger partial charge in [0.2, 0.25) is 0 Å². The van der Waals surface area contributed by atoms with E-state index in [4.69, 9.17) is 27.9 Å². The molecule has 1 N–H and O–H groups in total. The predicted octanol–water partition coefficient (Wildman–Crippen LogP) is 5.59. The van der Waals surface area contributed by atoms with Gasteiger partial charge in [0.05, 0.1) is 10.0 Å². The van der Waals surface area contributed by atoms with Crippen molar-refractivity contribution in [2.75, 3.05) is 6.54 Å². The molecule has 112 valence electrons. The Morgan fingerprint density at radius 2 is 1.90 bits per heavy atom. The molecule has 2 nitrogen and oxygen atoms in total. The largest absolute Gasteiger partial charge is 0.454 e. The fourth-order valence-corrected chi connectivity index (χ4v) is 2.39. The van der Waals surface area contributed by atoms with Crippen molar-refractivity contribution < 1.29 is 4.74 Å². The van der Waals surface area contributed by atoms with E-state index in [9.17, 15) is 0 Å². The first kappa shape index (κ1) is 16.2. The van der Waals surface area contributed by atoms with Crippen molar-refractivity contribution in [3.8, 4) is 11.5 Å². The second-order valence-electron chi connectivity index (χ2n) is 4.94. The summed E-state index contributed by atoms with van der Waals surface area (Å²) >= 11 is 12.5. The summed E-state index contributed by atoms with van der Waals surface area (Å²) in [5, 5.41) is 4.52. The van der Waals surface area contributed by atoms with Gasteiger partial charge in [0.1, 0.15) is 5.75 Å². The van der Waals surface area contributed by atoms with Crippen LogP contribution in [0.1, 0.15) is 24.5 Å². The normalized spacial score (nSPS) is 10.7. The molecule has 0 radical (unpaired) electrons. The Bertz CT molecular complexity index is 614. The van der Waals surface area contributed by atoms with Gasteiger partial charge >= 0.3 is 0 Å². The zero-order valence-electron chi connectivity index (χ0n) is 12.2. The quantitative estimate of drug-likeness (QED) is 0.699. The summed E-state index contributed by atoms with van der Waals surface area (Å²) in [5.74, 6) is 1.29. The fraction of sp³-hybridized carbons (Fsp3) is 0.294. The van der Waals surface area contributed by atoms with Crippen LogP contribution in [0, 0.1) is 6.92 Å². The van der Waals surface area contributed by atoms with Gasteiger partial charge < -0.3 is 10.1 Å². The average Bonchev–Trinajstić information content (AvgIpc) is 2.46. The van der Waals surface area contributed by atoms with Crippen molar-refractivity contribution in [1.82, 2.24) is 5.32 Å². The topological polar surface area (TPSA) is 21.3 Å². The third-order valence-corrected chi connectivity index (χ3v) is 3.70. The first-order chi connectivity index (χ1) is 10.1. The molecule has 0 aliphatic heterocycles. The molecule has 0 heterocycles. The molecular weight excluding hydrogens is 305 g/mol. The smallest absolute Gasteiger partial charge is 0.150 e. The van der Waals surface area contributed by atoms with Crippen molar-refractivity contribution in [3.05, 3.63) is 57.6 Å². The van der Waals surface area contributed by atoms with Gasteiger partial charge in [0, 0.05) is 12.1 Å². The van der Waals surface area contributed by atoms with Crippen LogP contribution in [0.25, 0.3) is 0 Å². The minimum Gasteiger partial charge on any atom is -0.454 e. The van der Waals surface area contributed by atoms with Gasteiger partial charge in [0.25, 0.3) is 0 Å². The zero-order chi connectivity index (χ0) is 15.2. The number of para-hydroxylation sites is 1. The standard InChI is InChI=1S/C17H19Cl2NO/c1-3-9-20-11-13-5-4-6-15(19)17(13)21-16-10-12(2)7-8-14(16)18/h4-8,10,20H,3,9,11H2,1-2H3. The number of benzene rings is 2. The molecular formula is C17H19Cl2NO. The second kappa shape index (κ2) is 7.69. The Kier molecular flexibility index (Phi) is 5.92. The van der Waals surface area contributed by atoms with Crippen LogP contribution in [0.2, 0.25) is 10.0 Å². The van der Waals surface area contributed by atoms with Crippen LogP contribution in [-0.4, -0.2) is 6.54 Å². The van der Waals surface area contributed by atoms with Crippen LogP contribution in [0.5, 0.6) is 11.5 Å². The van der Waals surface area contributed by atoms with Crippen LogP contribution in [0.15, 0.2) is 36.4 Å². The molecule has 0 aromatic heterocycles. The van der Waals surface area contributed by atoms with E-state index >= 15 is 0 Å². The van der Waals surface area contributed by atoms with E-state index < -0.39 is 0 Å². The number of aryl methyl sites for hydroxylation is 1. The highest BCUT2D eigenvalue weighted by Crippen LogP contribution is 2.36. The van der Waals surface area contributed by atoms with Gasteiger partial charge in [-0.3, -0.25) is 0 Å². The van der Waals surface area contributed by atoms with E-state index in [-0.39, 0.29) is 0 Å². The molecule has 0 amide bonds. The van der Waals surface area contributed by atoms with Crippen molar-refractivity contribution in [2.24, 2.45) is 0 Å². The van der Waals surface area contributed by atoms with E-state index in [1.807, 2.05) is 43.3 Å². The third-order valence-electron chi connectivity index (χ3n) is 3.09. The van der Waals surface area contributed by atoms with Gasteiger partial charge in [0.15, 0.2) is 5.75 Å². The van der Waals surface area contributed by atoms with E-state index in [0.29, 0.717) is 28.1 Å². The molecule has 2 aromatic carbocycles. The first-order valence-electron chi connectivity index (χ1n) is 7.04. The van der Waals surface area contributed by atoms with Gasteiger partial charge in [-0.1, -0.05) is 48.3 Å². The molecule has 0 bridgehead atoms. The molecule has 0 unspecified atom stereocenters. The Hall–Kier alpha value is -1.22. The molecule has 2 aromatic rings. The highest BCUT2D eigenvalue weighted by Gasteiger charge is 2.11. The lowest BCUT2D eigenvalue weighted by Crippen LogP contribution is -2.14. The van der Waals surface area contributed by atoms with Crippen LogP contribution in [-0.2, 0) is 6.54 Å². The molecule has 0 saturated heterocycles. The lowest BCUT2D eigenvalue weighted by atomic mass is 10.2. The Labute approximate surface area is 136 Å². The number of ether oxygens (including phenoxy) is 1. The highest BCUT2D eigenvalue weighted by atomic mass is 35.5. The van der Waals surface area contributed by atoms with Crippen molar-refractivity contribution >= 4 is 23.2 Å². The average molecular weight is 324 g/mol. The van der Waals surface area contributed by atoms with Crippen molar-refractivity contribution in [3.63, 3.8) is 0 Å². The summed E-state index contributed by atoms with van der Waals surface area (Å²) in [4.78, 5) is 0. The Balaban J connectivity index is 2.27. The van der Waals surface area contributed by atoms with Gasteiger partial charge in [-0.05, 0) is 43.7 Å². The minimum atomic E-state index is 0.577. The summed E-state index contributed by atoms with van der Waals surface area (Å²) in [6.07, 6.45) is 1.08. The molecule has 21 heavy (non-hydrogen) atoms. The summed E-state index contributed by atoms with van der Waals surface area (Å²) < 4.78 is 5.98.